The lowest BCUT2D eigenvalue weighted by molar-refractivity contribution is -0.0158. The van der Waals surface area contributed by atoms with Gasteiger partial charge in [-0.3, -0.25) is 0 Å². The van der Waals surface area contributed by atoms with Crippen molar-refractivity contribution in [2.75, 3.05) is 46.4 Å². The normalized spacial score (nSPS) is 30.5. The Balaban J connectivity index is 1.89. The minimum atomic E-state index is -3.46. The van der Waals surface area contributed by atoms with Crippen LogP contribution >= 0.6 is 0 Å². The standard InChI is InChI=1S/C12H26N4O3S/c1-15-6-7-19-12(10-15)9-14-20(17,18)16-5-3-2-4-11(16)8-13/h11-12,14H,2-10,13H2,1H3. The molecule has 0 bridgehead atoms. The van der Waals surface area contributed by atoms with E-state index in [0.29, 0.717) is 26.2 Å². The molecule has 20 heavy (non-hydrogen) atoms. The summed E-state index contributed by atoms with van der Waals surface area (Å²) in [6, 6.07) is -0.0730. The summed E-state index contributed by atoms with van der Waals surface area (Å²) in [4.78, 5) is 2.14. The highest BCUT2D eigenvalue weighted by atomic mass is 32.2. The molecule has 0 amide bonds. The molecule has 2 atom stereocenters. The first kappa shape index (κ1) is 16.1. The topological polar surface area (TPSA) is 87.9 Å². The molecule has 7 nitrogen and oxygen atoms in total. The number of ether oxygens (including phenoxy) is 1. The molecule has 2 saturated heterocycles. The minimum Gasteiger partial charge on any atom is -0.374 e. The van der Waals surface area contributed by atoms with E-state index >= 15 is 0 Å². The fourth-order valence-corrected chi connectivity index (χ4v) is 4.31. The predicted molar refractivity (Wildman–Crippen MR) is 77.6 cm³/mol. The molecular weight excluding hydrogens is 280 g/mol. The summed E-state index contributed by atoms with van der Waals surface area (Å²) >= 11 is 0. The van der Waals surface area contributed by atoms with Crippen molar-refractivity contribution in [3.8, 4) is 0 Å². The van der Waals surface area contributed by atoms with Gasteiger partial charge in [0, 0.05) is 38.8 Å². The summed E-state index contributed by atoms with van der Waals surface area (Å²) < 4.78 is 34.5. The SMILES string of the molecule is CN1CCOC(CNS(=O)(=O)N2CCCCC2CN)C1. The van der Waals surface area contributed by atoms with Gasteiger partial charge in [0.1, 0.15) is 0 Å². The van der Waals surface area contributed by atoms with Gasteiger partial charge < -0.3 is 15.4 Å². The van der Waals surface area contributed by atoms with Crippen molar-refractivity contribution >= 4 is 10.2 Å². The molecule has 8 heteroatoms. The van der Waals surface area contributed by atoms with Crippen LogP contribution in [0, 0.1) is 0 Å². The number of rotatable bonds is 5. The van der Waals surface area contributed by atoms with Gasteiger partial charge in [0.2, 0.25) is 0 Å². The molecular formula is C12H26N4O3S. The Labute approximate surface area is 121 Å². The highest BCUT2D eigenvalue weighted by Gasteiger charge is 2.32. The van der Waals surface area contributed by atoms with Gasteiger partial charge in [-0.15, -0.1) is 0 Å². The second-order valence-electron chi connectivity index (χ2n) is 5.60. The summed E-state index contributed by atoms with van der Waals surface area (Å²) in [7, 11) is -1.44. The van der Waals surface area contributed by atoms with Crippen LogP contribution in [0.25, 0.3) is 0 Å². The number of hydrogen-bond donors (Lipinski definition) is 2. The van der Waals surface area contributed by atoms with Gasteiger partial charge in [-0.1, -0.05) is 6.42 Å². The quantitative estimate of drug-likeness (QED) is 0.678. The van der Waals surface area contributed by atoms with Crippen LogP contribution in [-0.4, -0.2) is 76.1 Å². The van der Waals surface area contributed by atoms with Crippen LogP contribution in [0.2, 0.25) is 0 Å². The third-order valence-corrected chi connectivity index (χ3v) is 5.62. The van der Waals surface area contributed by atoms with Crippen molar-refractivity contribution in [1.29, 1.82) is 0 Å². The molecule has 2 fully saturated rings. The van der Waals surface area contributed by atoms with Crippen LogP contribution in [0.15, 0.2) is 0 Å². The van der Waals surface area contributed by atoms with E-state index in [1.807, 2.05) is 7.05 Å². The van der Waals surface area contributed by atoms with Crippen molar-refractivity contribution in [3.05, 3.63) is 0 Å². The van der Waals surface area contributed by atoms with Crippen molar-refractivity contribution in [2.24, 2.45) is 5.73 Å². The average Bonchev–Trinajstić information content (AvgIpc) is 2.45. The van der Waals surface area contributed by atoms with E-state index in [0.717, 1.165) is 32.4 Å². The number of nitrogens with zero attached hydrogens (tertiary/aromatic N) is 2. The van der Waals surface area contributed by atoms with Crippen LogP contribution in [0.1, 0.15) is 19.3 Å². The summed E-state index contributed by atoms with van der Waals surface area (Å²) in [5.74, 6) is 0. The molecule has 0 saturated carbocycles. The number of morpholine rings is 1. The summed E-state index contributed by atoms with van der Waals surface area (Å²) in [6.07, 6.45) is 2.72. The number of piperidine rings is 1. The highest BCUT2D eigenvalue weighted by Crippen LogP contribution is 2.19. The maximum atomic E-state index is 12.4. The van der Waals surface area contributed by atoms with Crippen molar-refractivity contribution in [3.63, 3.8) is 0 Å². The summed E-state index contributed by atoms with van der Waals surface area (Å²) in [5, 5.41) is 0. The molecule has 2 aliphatic heterocycles. The first-order valence-corrected chi connectivity index (χ1v) is 8.73. The Kier molecular flexibility index (Phi) is 5.76. The number of nitrogens with two attached hydrogens (primary N) is 1. The summed E-state index contributed by atoms with van der Waals surface area (Å²) in [6.45, 7) is 3.55. The average molecular weight is 306 g/mol. The van der Waals surface area contributed by atoms with E-state index in [1.165, 1.54) is 4.31 Å². The molecule has 2 heterocycles. The van der Waals surface area contributed by atoms with Gasteiger partial charge in [0.25, 0.3) is 10.2 Å². The Morgan fingerprint density at radius 1 is 1.35 bits per heavy atom. The van der Waals surface area contributed by atoms with Gasteiger partial charge in [-0.25, -0.2) is 0 Å². The molecule has 118 valence electrons. The third-order valence-electron chi connectivity index (χ3n) is 3.99. The van der Waals surface area contributed by atoms with Crippen LogP contribution in [0.5, 0.6) is 0 Å². The lowest BCUT2D eigenvalue weighted by Crippen LogP contribution is -2.54. The zero-order chi connectivity index (χ0) is 14.6. The molecule has 0 radical (unpaired) electrons. The fourth-order valence-electron chi connectivity index (χ4n) is 2.80. The molecule has 0 spiro atoms. The van der Waals surface area contributed by atoms with E-state index in [4.69, 9.17) is 10.5 Å². The number of likely N-dealkylation sites (N-methyl/N-ethyl adjacent to an activating group) is 1. The van der Waals surface area contributed by atoms with E-state index in [-0.39, 0.29) is 12.1 Å². The van der Waals surface area contributed by atoms with Gasteiger partial charge >= 0.3 is 0 Å². The Morgan fingerprint density at radius 3 is 2.85 bits per heavy atom. The molecule has 0 aromatic heterocycles. The zero-order valence-electron chi connectivity index (χ0n) is 12.1. The molecule has 0 aromatic rings. The van der Waals surface area contributed by atoms with Gasteiger partial charge in [-0.05, 0) is 19.9 Å². The molecule has 2 rings (SSSR count). The molecule has 0 aliphatic carbocycles. The van der Waals surface area contributed by atoms with Crippen LogP contribution < -0.4 is 10.5 Å². The number of nitrogens with one attached hydrogen (secondary N) is 1. The Bertz CT molecular complexity index is 404. The largest absolute Gasteiger partial charge is 0.374 e. The lowest BCUT2D eigenvalue weighted by Gasteiger charge is -2.35. The second-order valence-corrected chi connectivity index (χ2v) is 7.31. The van der Waals surface area contributed by atoms with Gasteiger partial charge in [0.15, 0.2) is 0 Å². The monoisotopic (exact) mass is 306 g/mol. The summed E-state index contributed by atoms with van der Waals surface area (Å²) in [5.41, 5.74) is 5.68. The maximum Gasteiger partial charge on any atom is 0.279 e. The van der Waals surface area contributed by atoms with E-state index in [1.54, 1.807) is 0 Å². The smallest absolute Gasteiger partial charge is 0.279 e. The Morgan fingerprint density at radius 2 is 2.15 bits per heavy atom. The van der Waals surface area contributed by atoms with Gasteiger partial charge in [0.05, 0.1) is 12.7 Å². The lowest BCUT2D eigenvalue weighted by atomic mass is 10.1. The van der Waals surface area contributed by atoms with Crippen molar-refractivity contribution in [1.82, 2.24) is 13.9 Å². The van der Waals surface area contributed by atoms with Crippen molar-refractivity contribution in [2.45, 2.75) is 31.4 Å². The van der Waals surface area contributed by atoms with E-state index in [9.17, 15) is 8.42 Å². The maximum absolute atomic E-state index is 12.4. The van der Waals surface area contributed by atoms with Crippen LogP contribution in [-0.2, 0) is 14.9 Å². The molecule has 3 N–H and O–H groups in total. The van der Waals surface area contributed by atoms with Gasteiger partial charge in [-0.2, -0.15) is 17.4 Å². The minimum absolute atomic E-state index is 0.0730. The molecule has 0 aromatic carbocycles. The first-order chi connectivity index (χ1) is 9.53. The zero-order valence-corrected chi connectivity index (χ0v) is 12.9. The van der Waals surface area contributed by atoms with Crippen molar-refractivity contribution < 1.29 is 13.2 Å². The van der Waals surface area contributed by atoms with Crippen LogP contribution in [0.4, 0.5) is 0 Å². The van der Waals surface area contributed by atoms with E-state index < -0.39 is 10.2 Å². The predicted octanol–water partition coefficient (Wildman–Crippen LogP) is -1.04. The third kappa shape index (κ3) is 4.12. The second kappa shape index (κ2) is 7.15. The number of hydrogen-bond acceptors (Lipinski definition) is 5. The molecule has 2 unspecified atom stereocenters. The van der Waals surface area contributed by atoms with Crippen LogP contribution in [0.3, 0.4) is 0 Å². The highest BCUT2D eigenvalue weighted by molar-refractivity contribution is 7.87. The van der Waals surface area contributed by atoms with E-state index in [2.05, 4.69) is 9.62 Å². The fraction of sp³-hybridized carbons (Fsp3) is 1.00. The Hall–Kier alpha value is -0.250. The molecule has 2 aliphatic rings. The first-order valence-electron chi connectivity index (χ1n) is 7.29.